The summed E-state index contributed by atoms with van der Waals surface area (Å²) in [5.41, 5.74) is 1.70. The predicted octanol–water partition coefficient (Wildman–Crippen LogP) is 2.28. The van der Waals surface area contributed by atoms with Gasteiger partial charge >= 0.3 is 0 Å². The smallest absolute Gasteiger partial charge is 0.297 e. The van der Waals surface area contributed by atoms with Crippen molar-refractivity contribution in [2.24, 2.45) is 0 Å². The van der Waals surface area contributed by atoms with E-state index in [0.29, 0.717) is 0 Å². The minimum atomic E-state index is -4.21. The molecule has 210 valence electrons. The van der Waals surface area contributed by atoms with E-state index in [2.05, 4.69) is 13.2 Å². The molecule has 0 aromatic heterocycles. The Morgan fingerprint density at radius 1 is 0.684 bits per heavy atom. The highest BCUT2D eigenvalue weighted by Gasteiger charge is 2.37. The molecule has 0 radical (unpaired) electrons. The lowest BCUT2D eigenvalue weighted by Gasteiger charge is -2.33. The lowest BCUT2D eigenvalue weighted by Crippen LogP contribution is -2.51. The Morgan fingerprint density at radius 2 is 1.00 bits per heavy atom. The minimum Gasteiger partial charge on any atom is -0.388 e. The van der Waals surface area contributed by atoms with Crippen LogP contribution in [0.25, 0.3) is 0 Å². The molecule has 0 saturated carbocycles. The molecule has 10 nitrogen and oxygen atoms in total. The second-order valence-electron chi connectivity index (χ2n) is 8.41. The molecule has 2 N–H and O–H groups in total. The van der Waals surface area contributed by atoms with E-state index in [-0.39, 0.29) is 23.0 Å². The number of ether oxygens (including phenoxy) is 2. The van der Waals surface area contributed by atoms with Gasteiger partial charge in [0.2, 0.25) is 0 Å². The maximum Gasteiger partial charge on any atom is 0.297 e. The zero-order valence-corrected chi connectivity index (χ0v) is 22.9. The standard InChI is InChI=1S/C26H34O10S2/c1-5-15-33-25(23(27)17-35-37(29,30)21-11-7-19(3)8-12-21)26(34-16-6-2)24(28)18-36-38(31,32)22-13-9-20(4)10-14-22/h5-14,23-28H,1-2,15-18H2,3-4H3/t23-,24-,25-,26-/m1/s1. The molecular formula is C26H34O10S2. The number of aliphatic hydroxyl groups excluding tert-OH is 2. The number of hydrogen-bond acceptors (Lipinski definition) is 10. The molecule has 0 aliphatic heterocycles. The van der Waals surface area contributed by atoms with E-state index in [1.165, 1.54) is 36.4 Å². The molecule has 0 amide bonds. The van der Waals surface area contributed by atoms with Crippen LogP contribution in [0.1, 0.15) is 11.1 Å². The van der Waals surface area contributed by atoms with Crippen LogP contribution in [0.4, 0.5) is 0 Å². The first-order valence-corrected chi connectivity index (χ1v) is 14.5. The van der Waals surface area contributed by atoms with Gasteiger partial charge in [-0.3, -0.25) is 8.37 Å². The first-order valence-electron chi connectivity index (χ1n) is 11.6. The van der Waals surface area contributed by atoms with Crippen molar-refractivity contribution in [1.82, 2.24) is 0 Å². The molecule has 2 aromatic rings. The van der Waals surface area contributed by atoms with Crippen molar-refractivity contribution in [2.75, 3.05) is 26.4 Å². The van der Waals surface area contributed by atoms with Gasteiger partial charge in [-0.2, -0.15) is 16.8 Å². The van der Waals surface area contributed by atoms with Crippen LogP contribution in [0.2, 0.25) is 0 Å². The topological polar surface area (TPSA) is 146 Å². The third kappa shape index (κ3) is 9.40. The number of aliphatic hydroxyl groups is 2. The monoisotopic (exact) mass is 570 g/mol. The summed E-state index contributed by atoms with van der Waals surface area (Å²) in [5.74, 6) is 0. The molecule has 2 aromatic carbocycles. The van der Waals surface area contributed by atoms with Gasteiger partial charge in [-0.15, -0.1) is 13.2 Å². The van der Waals surface area contributed by atoms with Gasteiger partial charge in [0.05, 0.1) is 36.2 Å². The van der Waals surface area contributed by atoms with Crippen LogP contribution in [-0.2, 0) is 38.1 Å². The van der Waals surface area contributed by atoms with Crippen molar-refractivity contribution in [1.29, 1.82) is 0 Å². The molecule has 0 aliphatic carbocycles. The minimum absolute atomic E-state index is 0.102. The predicted molar refractivity (Wildman–Crippen MR) is 141 cm³/mol. The zero-order valence-electron chi connectivity index (χ0n) is 21.3. The Hall–Kier alpha value is -2.42. The lowest BCUT2D eigenvalue weighted by molar-refractivity contribution is -0.158. The van der Waals surface area contributed by atoms with Gasteiger partial charge in [-0.05, 0) is 38.1 Å². The second kappa shape index (κ2) is 14.7. The molecule has 0 unspecified atom stereocenters. The van der Waals surface area contributed by atoms with Gasteiger partial charge in [0.25, 0.3) is 20.2 Å². The third-order valence-corrected chi connectivity index (χ3v) is 7.89. The first kappa shape index (κ1) is 31.8. The SMILES string of the molecule is C=CCO[C@@H]([C@H](OCC=C)[C@H](O)COS(=O)(=O)c1ccc(C)cc1)[C@H](O)COS(=O)(=O)c1ccc(C)cc1. The summed E-state index contributed by atoms with van der Waals surface area (Å²) in [6, 6.07) is 11.9. The Kier molecular flexibility index (Phi) is 12.3. The van der Waals surface area contributed by atoms with E-state index in [9.17, 15) is 27.0 Å². The van der Waals surface area contributed by atoms with Crippen molar-refractivity contribution in [3.8, 4) is 0 Å². The Balaban J connectivity index is 2.19. The molecule has 0 aliphatic rings. The fourth-order valence-corrected chi connectivity index (χ4v) is 5.11. The summed E-state index contributed by atoms with van der Waals surface area (Å²) in [5, 5.41) is 21.6. The van der Waals surface area contributed by atoms with Crippen molar-refractivity contribution < 1.29 is 44.9 Å². The van der Waals surface area contributed by atoms with Crippen molar-refractivity contribution >= 4 is 20.2 Å². The van der Waals surface area contributed by atoms with Crippen molar-refractivity contribution in [3.05, 3.63) is 85.0 Å². The van der Waals surface area contributed by atoms with E-state index in [1.807, 2.05) is 0 Å². The number of rotatable bonds is 17. The van der Waals surface area contributed by atoms with Gasteiger partial charge in [0, 0.05) is 0 Å². The normalized spacial score (nSPS) is 15.4. The van der Waals surface area contributed by atoms with E-state index in [4.69, 9.17) is 17.8 Å². The average molecular weight is 571 g/mol. The van der Waals surface area contributed by atoms with Gasteiger partial charge in [-0.25, -0.2) is 0 Å². The molecule has 4 atom stereocenters. The fourth-order valence-electron chi connectivity index (χ4n) is 3.26. The average Bonchev–Trinajstić information content (AvgIpc) is 2.88. The third-order valence-electron chi connectivity index (χ3n) is 5.30. The molecule has 0 spiro atoms. The largest absolute Gasteiger partial charge is 0.388 e. The molecule has 0 saturated heterocycles. The molecule has 0 fully saturated rings. The summed E-state index contributed by atoms with van der Waals surface area (Å²) in [4.78, 5) is -0.207. The van der Waals surface area contributed by atoms with E-state index < -0.39 is 57.9 Å². The van der Waals surface area contributed by atoms with Crippen LogP contribution in [0.5, 0.6) is 0 Å². The maximum atomic E-state index is 12.6. The molecule has 0 heterocycles. The first-order chi connectivity index (χ1) is 17.9. The molecule has 0 bridgehead atoms. The Labute approximate surface area is 224 Å². The van der Waals surface area contributed by atoms with Crippen molar-refractivity contribution in [2.45, 2.75) is 48.1 Å². The maximum absolute atomic E-state index is 12.6. The summed E-state index contributed by atoms with van der Waals surface area (Å²) in [6.07, 6.45) is -3.21. The molecule has 12 heteroatoms. The highest BCUT2D eigenvalue weighted by atomic mass is 32.2. The van der Waals surface area contributed by atoms with Crippen LogP contribution >= 0.6 is 0 Å². The summed E-state index contributed by atoms with van der Waals surface area (Å²) >= 11 is 0. The van der Waals surface area contributed by atoms with Crippen LogP contribution in [0.15, 0.2) is 83.6 Å². The molecular weight excluding hydrogens is 536 g/mol. The van der Waals surface area contributed by atoms with Crippen molar-refractivity contribution in [3.63, 3.8) is 0 Å². The highest BCUT2D eigenvalue weighted by molar-refractivity contribution is 7.87. The highest BCUT2D eigenvalue weighted by Crippen LogP contribution is 2.20. The molecule has 38 heavy (non-hydrogen) atoms. The fraction of sp³-hybridized carbons (Fsp3) is 0.385. The van der Waals surface area contributed by atoms with Crippen LogP contribution in [-0.4, -0.2) is 77.9 Å². The summed E-state index contributed by atoms with van der Waals surface area (Å²) in [6.45, 7) is 9.01. The van der Waals surface area contributed by atoms with Gasteiger partial charge in [0.15, 0.2) is 0 Å². The zero-order chi connectivity index (χ0) is 28.3. The van der Waals surface area contributed by atoms with E-state index >= 15 is 0 Å². The number of benzene rings is 2. The molecule has 2 rings (SSSR count). The van der Waals surface area contributed by atoms with Gasteiger partial charge in [-0.1, -0.05) is 47.5 Å². The lowest BCUT2D eigenvalue weighted by atomic mass is 10.0. The van der Waals surface area contributed by atoms with Crippen LogP contribution < -0.4 is 0 Å². The van der Waals surface area contributed by atoms with Gasteiger partial charge in [0.1, 0.15) is 24.4 Å². The van der Waals surface area contributed by atoms with Crippen LogP contribution in [0, 0.1) is 13.8 Å². The van der Waals surface area contributed by atoms with E-state index in [1.54, 1.807) is 38.1 Å². The number of hydrogen-bond donors (Lipinski definition) is 2. The summed E-state index contributed by atoms with van der Waals surface area (Å²) < 4.78 is 71.4. The Bertz CT molecular complexity index is 1140. The number of aryl methyl sites for hydroxylation is 2. The quantitative estimate of drug-likeness (QED) is 0.215. The van der Waals surface area contributed by atoms with E-state index in [0.717, 1.165) is 11.1 Å². The summed E-state index contributed by atoms with van der Waals surface area (Å²) in [7, 11) is -8.42. The Morgan fingerprint density at radius 3 is 1.29 bits per heavy atom. The van der Waals surface area contributed by atoms with Gasteiger partial charge < -0.3 is 19.7 Å². The van der Waals surface area contributed by atoms with Crippen LogP contribution in [0.3, 0.4) is 0 Å². The second-order valence-corrected chi connectivity index (χ2v) is 11.6.